The molecule has 3 saturated carbocycles. The number of unbranched alkanes of at least 4 members (excludes halogenated alkanes) is 3. The van der Waals surface area contributed by atoms with E-state index < -0.39 is 0 Å². The molecule has 2 unspecified atom stereocenters. The summed E-state index contributed by atoms with van der Waals surface area (Å²) in [6.45, 7) is 5.15. The summed E-state index contributed by atoms with van der Waals surface area (Å²) in [5.74, 6) is 3.34. The van der Waals surface area contributed by atoms with Crippen LogP contribution in [-0.2, 0) is 9.59 Å². The fourth-order valence-corrected chi connectivity index (χ4v) is 9.85. The predicted molar refractivity (Wildman–Crippen MR) is 144 cm³/mol. The summed E-state index contributed by atoms with van der Waals surface area (Å²) >= 11 is 1.57. The van der Waals surface area contributed by atoms with Crippen LogP contribution in [-0.4, -0.2) is 29.8 Å². The number of thiophene rings is 1. The highest BCUT2D eigenvalue weighted by atomic mass is 32.1. The number of carbonyl (C=O) groups excluding carboxylic acids is 2. The minimum absolute atomic E-state index is 0.119. The van der Waals surface area contributed by atoms with Gasteiger partial charge in [0, 0.05) is 25.4 Å². The molecule has 194 valence electrons. The molecule has 4 fully saturated rings. The number of amides is 2. The van der Waals surface area contributed by atoms with Crippen molar-refractivity contribution in [1.82, 2.24) is 4.90 Å². The predicted octanol–water partition coefficient (Wildman–Crippen LogP) is 7.51. The van der Waals surface area contributed by atoms with Crippen LogP contribution in [0.15, 0.2) is 17.5 Å². The standard InChI is InChI=1S/C30H46N2O2S/c1-29-17-8-11-23(29)22-14-15-25-30(2,24(22)16-18-29)20-21(28(34)32(25)3)10-6-4-5-7-12-26(33)31-27-13-9-19-35-27/h9,13,19,21-25H,4-8,10-12,14-18,20H2,1-3H3,(H,31,33)/t21?,22-,23-,24+,25?,29-,30+/m0/s1. The first-order chi connectivity index (χ1) is 16.8. The number of hydrogen-bond acceptors (Lipinski definition) is 3. The summed E-state index contributed by atoms with van der Waals surface area (Å²) in [6, 6.07) is 4.35. The lowest BCUT2D eigenvalue weighted by molar-refractivity contribution is -0.166. The van der Waals surface area contributed by atoms with Gasteiger partial charge in [0.05, 0.1) is 5.00 Å². The molecule has 0 spiro atoms. The Bertz CT molecular complexity index is 900. The zero-order valence-electron chi connectivity index (χ0n) is 22.2. The molecule has 1 aromatic heterocycles. The summed E-state index contributed by atoms with van der Waals surface area (Å²) in [5, 5.41) is 5.89. The van der Waals surface area contributed by atoms with Gasteiger partial charge in [0.25, 0.3) is 0 Å². The van der Waals surface area contributed by atoms with Crippen LogP contribution in [0.1, 0.15) is 104 Å². The maximum atomic E-state index is 13.4. The molecule has 35 heavy (non-hydrogen) atoms. The van der Waals surface area contributed by atoms with Crippen molar-refractivity contribution in [3.8, 4) is 0 Å². The molecule has 4 nitrogen and oxygen atoms in total. The summed E-state index contributed by atoms with van der Waals surface area (Å²) in [5.41, 5.74) is 0.890. The normalized spacial score (nSPS) is 38.5. The summed E-state index contributed by atoms with van der Waals surface area (Å²) < 4.78 is 0. The third-order valence-corrected chi connectivity index (χ3v) is 11.7. The number of rotatable bonds is 8. The van der Waals surface area contributed by atoms with Crippen LogP contribution in [0.4, 0.5) is 5.00 Å². The number of carbonyl (C=O) groups is 2. The zero-order valence-corrected chi connectivity index (χ0v) is 23.0. The maximum Gasteiger partial charge on any atom is 0.225 e. The Balaban J connectivity index is 1.12. The molecule has 1 saturated heterocycles. The molecule has 0 radical (unpaired) electrons. The van der Waals surface area contributed by atoms with Gasteiger partial charge in [-0.1, -0.05) is 39.5 Å². The second-order valence-corrected chi connectivity index (χ2v) is 13.8. The van der Waals surface area contributed by atoms with E-state index in [1.807, 2.05) is 17.5 Å². The van der Waals surface area contributed by atoms with E-state index >= 15 is 0 Å². The van der Waals surface area contributed by atoms with E-state index in [9.17, 15) is 9.59 Å². The third-order valence-electron chi connectivity index (χ3n) is 10.9. The maximum absolute atomic E-state index is 13.4. The molecule has 7 atom stereocenters. The molecule has 2 amide bonds. The van der Waals surface area contributed by atoms with Crippen LogP contribution >= 0.6 is 11.3 Å². The van der Waals surface area contributed by atoms with Gasteiger partial charge < -0.3 is 10.2 Å². The van der Waals surface area contributed by atoms with Gasteiger partial charge in [-0.25, -0.2) is 0 Å². The monoisotopic (exact) mass is 498 g/mol. The number of nitrogens with one attached hydrogen (secondary N) is 1. The highest BCUT2D eigenvalue weighted by Gasteiger charge is 2.60. The van der Waals surface area contributed by atoms with Crippen LogP contribution in [0.3, 0.4) is 0 Å². The van der Waals surface area contributed by atoms with Gasteiger partial charge in [-0.05, 0) is 104 Å². The van der Waals surface area contributed by atoms with E-state index in [1.165, 1.54) is 44.9 Å². The molecule has 5 rings (SSSR count). The van der Waals surface area contributed by atoms with Crippen LogP contribution in [0, 0.1) is 34.5 Å². The Hall–Kier alpha value is -1.36. The lowest BCUT2D eigenvalue weighted by atomic mass is 9.47. The number of nitrogens with zero attached hydrogens (tertiary/aromatic N) is 1. The van der Waals surface area contributed by atoms with Crippen molar-refractivity contribution in [2.24, 2.45) is 34.5 Å². The fourth-order valence-electron chi connectivity index (χ4n) is 9.22. The van der Waals surface area contributed by atoms with Crippen molar-refractivity contribution in [3.05, 3.63) is 17.5 Å². The van der Waals surface area contributed by atoms with Crippen LogP contribution in [0.25, 0.3) is 0 Å². The number of anilines is 1. The molecule has 2 heterocycles. The van der Waals surface area contributed by atoms with Crippen LogP contribution in [0.2, 0.25) is 0 Å². The highest BCUT2D eigenvalue weighted by Crippen LogP contribution is 2.65. The van der Waals surface area contributed by atoms with E-state index in [1.54, 1.807) is 11.3 Å². The summed E-state index contributed by atoms with van der Waals surface area (Å²) in [6.07, 6.45) is 16.6. The largest absolute Gasteiger partial charge is 0.342 e. The van der Waals surface area contributed by atoms with Gasteiger partial charge in [0.1, 0.15) is 0 Å². The first kappa shape index (κ1) is 25.3. The second kappa shape index (κ2) is 10.2. The van der Waals surface area contributed by atoms with Crippen molar-refractivity contribution in [1.29, 1.82) is 0 Å². The van der Waals surface area contributed by atoms with Gasteiger partial charge in [0.2, 0.25) is 11.8 Å². The van der Waals surface area contributed by atoms with Crippen molar-refractivity contribution >= 4 is 28.2 Å². The average Bonchev–Trinajstić information content (AvgIpc) is 3.48. The first-order valence-corrected chi connectivity index (χ1v) is 15.3. The molecule has 4 aliphatic rings. The fraction of sp³-hybridized carbons (Fsp3) is 0.800. The third kappa shape index (κ3) is 4.83. The molecule has 0 bridgehead atoms. The Morgan fingerprint density at radius 2 is 1.91 bits per heavy atom. The van der Waals surface area contributed by atoms with Gasteiger partial charge in [0.15, 0.2) is 0 Å². The molecule has 1 N–H and O–H groups in total. The van der Waals surface area contributed by atoms with Gasteiger partial charge in [-0.2, -0.15) is 0 Å². The lowest BCUT2D eigenvalue weighted by Gasteiger charge is -2.62. The minimum Gasteiger partial charge on any atom is -0.342 e. The number of piperidine rings is 1. The Morgan fingerprint density at radius 3 is 2.71 bits per heavy atom. The van der Waals surface area contributed by atoms with Gasteiger partial charge in [-0.3, -0.25) is 9.59 Å². The van der Waals surface area contributed by atoms with E-state index in [-0.39, 0.29) is 11.8 Å². The number of fused-ring (bicyclic) bond motifs is 5. The van der Waals surface area contributed by atoms with Gasteiger partial charge >= 0.3 is 0 Å². The number of hydrogen-bond donors (Lipinski definition) is 1. The quantitative estimate of drug-likeness (QED) is 0.377. The molecule has 1 aromatic rings. The Kier molecular flexibility index (Phi) is 7.36. The molecular formula is C30H46N2O2S. The van der Waals surface area contributed by atoms with Crippen molar-refractivity contribution in [2.45, 2.75) is 110 Å². The summed E-state index contributed by atoms with van der Waals surface area (Å²) in [4.78, 5) is 27.6. The molecule has 1 aliphatic heterocycles. The topological polar surface area (TPSA) is 49.4 Å². The average molecular weight is 499 g/mol. The second-order valence-electron chi connectivity index (χ2n) is 12.9. The molecule has 0 aromatic carbocycles. The zero-order chi connectivity index (χ0) is 24.6. The van der Waals surface area contributed by atoms with Crippen molar-refractivity contribution in [3.63, 3.8) is 0 Å². The van der Waals surface area contributed by atoms with Gasteiger partial charge in [-0.15, -0.1) is 11.3 Å². The number of likely N-dealkylation sites (tertiary alicyclic amines) is 1. The van der Waals surface area contributed by atoms with Crippen molar-refractivity contribution < 1.29 is 9.59 Å². The molecular weight excluding hydrogens is 452 g/mol. The van der Waals surface area contributed by atoms with Crippen LogP contribution < -0.4 is 5.32 Å². The summed E-state index contributed by atoms with van der Waals surface area (Å²) in [7, 11) is 2.10. The Morgan fingerprint density at radius 1 is 1.09 bits per heavy atom. The van der Waals surface area contributed by atoms with E-state index in [0.717, 1.165) is 61.3 Å². The first-order valence-electron chi connectivity index (χ1n) is 14.4. The molecule has 3 aliphatic carbocycles. The Labute approximate surface area is 216 Å². The SMILES string of the molecule is CN1C(=O)C(CCCCCCC(=O)Nc2cccs2)C[C@@]2(C)C1CC[C@@H]1[C@H]2CC[C@]2(C)CCC[C@@H]12. The lowest BCUT2D eigenvalue weighted by Crippen LogP contribution is -2.63. The minimum atomic E-state index is 0.119. The van der Waals surface area contributed by atoms with E-state index in [4.69, 9.17) is 0 Å². The highest BCUT2D eigenvalue weighted by molar-refractivity contribution is 7.14. The van der Waals surface area contributed by atoms with E-state index in [0.29, 0.717) is 29.2 Å². The van der Waals surface area contributed by atoms with Crippen LogP contribution in [0.5, 0.6) is 0 Å². The van der Waals surface area contributed by atoms with Crippen molar-refractivity contribution in [2.75, 3.05) is 12.4 Å². The van der Waals surface area contributed by atoms with E-state index in [2.05, 4.69) is 31.1 Å². The molecule has 5 heteroatoms. The smallest absolute Gasteiger partial charge is 0.225 e.